The number of ether oxygens (including phenoxy) is 1. The van der Waals surface area contributed by atoms with Gasteiger partial charge in [-0.05, 0) is 18.4 Å². The Kier molecular flexibility index (Phi) is 6.49. The molecule has 0 spiro atoms. The highest BCUT2D eigenvalue weighted by molar-refractivity contribution is 6.31. The van der Waals surface area contributed by atoms with Crippen molar-refractivity contribution in [1.29, 1.82) is 0 Å². The van der Waals surface area contributed by atoms with Crippen LogP contribution in [-0.2, 0) is 16.1 Å². The Hall–Kier alpha value is -2.80. The van der Waals surface area contributed by atoms with Crippen LogP contribution in [0.5, 0.6) is 0 Å². The molecule has 0 saturated carbocycles. The zero-order valence-corrected chi connectivity index (χ0v) is 15.4. The van der Waals surface area contributed by atoms with Crippen LogP contribution in [0.4, 0.5) is 4.79 Å². The van der Waals surface area contributed by atoms with Crippen molar-refractivity contribution in [1.82, 2.24) is 14.9 Å². The summed E-state index contributed by atoms with van der Waals surface area (Å²) in [6.45, 7) is 1.06. The van der Waals surface area contributed by atoms with Gasteiger partial charge >= 0.3 is 6.09 Å². The van der Waals surface area contributed by atoms with Crippen LogP contribution < -0.4 is 0 Å². The standard InChI is InChI=1S/C19H19ClN4O3/c20-17-16(21-8-9-22-17)11-23-18(25)15-7-4-10-24(12-15)19(26)27-13-14-5-2-1-3-6-14/h1-3,5-6,8-9,11,15H,4,7,10,12-13H2/t15-/m1/s1. The molecule has 2 aromatic rings. The first-order chi connectivity index (χ1) is 13.1. The second-order valence-electron chi connectivity index (χ2n) is 6.15. The number of halogens is 1. The van der Waals surface area contributed by atoms with E-state index in [1.165, 1.54) is 18.6 Å². The lowest BCUT2D eigenvalue weighted by atomic mass is 9.98. The lowest BCUT2D eigenvalue weighted by Gasteiger charge is -2.30. The molecule has 0 aliphatic carbocycles. The average molecular weight is 387 g/mol. The van der Waals surface area contributed by atoms with E-state index in [0.717, 1.165) is 12.0 Å². The van der Waals surface area contributed by atoms with Crippen LogP contribution in [0.1, 0.15) is 24.1 Å². The minimum Gasteiger partial charge on any atom is -0.445 e. The summed E-state index contributed by atoms with van der Waals surface area (Å²) >= 11 is 5.90. The molecule has 0 radical (unpaired) electrons. The molecule has 2 amide bonds. The topological polar surface area (TPSA) is 84.8 Å². The highest BCUT2D eigenvalue weighted by atomic mass is 35.5. The number of aliphatic imine (C=N–C) groups is 1. The van der Waals surface area contributed by atoms with Gasteiger partial charge in [-0.15, -0.1) is 0 Å². The Morgan fingerprint density at radius 3 is 2.81 bits per heavy atom. The number of likely N-dealkylation sites (tertiary alicyclic amines) is 1. The van der Waals surface area contributed by atoms with Gasteiger partial charge in [0.2, 0.25) is 0 Å². The molecule has 1 atom stereocenters. The normalized spacial score (nSPS) is 17.1. The van der Waals surface area contributed by atoms with E-state index in [2.05, 4.69) is 15.0 Å². The fraction of sp³-hybridized carbons (Fsp3) is 0.316. The summed E-state index contributed by atoms with van der Waals surface area (Å²) in [6, 6.07) is 9.46. The second-order valence-corrected chi connectivity index (χ2v) is 6.51. The first-order valence-electron chi connectivity index (χ1n) is 8.63. The monoisotopic (exact) mass is 386 g/mol. The zero-order chi connectivity index (χ0) is 19.1. The van der Waals surface area contributed by atoms with Crippen molar-refractivity contribution in [3.8, 4) is 0 Å². The van der Waals surface area contributed by atoms with E-state index in [9.17, 15) is 9.59 Å². The Balaban J connectivity index is 1.54. The predicted octanol–water partition coefficient (Wildman–Crippen LogP) is 3.12. The number of carbonyl (C=O) groups is 2. The molecule has 1 aromatic carbocycles. The molecular weight excluding hydrogens is 368 g/mol. The highest BCUT2D eigenvalue weighted by Crippen LogP contribution is 2.19. The molecule has 0 unspecified atom stereocenters. The summed E-state index contributed by atoms with van der Waals surface area (Å²) in [5.41, 5.74) is 1.25. The molecule has 1 aliphatic heterocycles. The molecule has 7 nitrogen and oxygen atoms in total. The summed E-state index contributed by atoms with van der Waals surface area (Å²) in [4.78, 5) is 38.0. The summed E-state index contributed by atoms with van der Waals surface area (Å²) in [6.07, 6.45) is 5.22. The molecule has 0 bridgehead atoms. The average Bonchev–Trinajstić information content (AvgIpc) is 2.72. The maximum Gasteiger partial charge on any atom is 0.410 e. The van der Waals surface area contributed by atoms with E-state index in [1.54, 1.807) is 4.90 Å². The van der Waals surface area contributed by atoms with Crippen molar-refractivity contribution in [2.24, 2.45) is 10.9 Å². The van der Waals surface area contributed by atoms with E-state index in [1.807, 2.05) is 30.3 Å². The smallest absolute Gasteiger partial charge is 0.410 e. The van der Waals surface area contributed by atoms with Crippen LogP contribution in [-0.4, -0.2) is 46.2 Å². The van der Waals surface area contributed by atoms with E-state index in [4.69, 9.17) is 16.3 Å². The third kappa shape index (κ3) is 5.34. The number of aromatic nitrogens is 2. The summed E-state index contributed by atoms with van der Waals surface area (Å²) < 4.78 is 5.34. The van der Waals surface area contributed by atoms with Crippen molar-refractivity contribution in [3.63, 3.8) is 0 Å². The van der Waals surface area contributed by atoms with Crippen molar-refractivity contribution >= 4 is 29.8 Å². The minimum atomic E-state index is -0.419. The molecule has 1 aliphatic rings. The number of piperidine rings is 1. The number of carbonyl (C=O) groups excluding carboxylic acids is 2. The zero-order valence-electron chi connectivity index (χ0n) is 14.6. The molecule has 1 saturated heterocycles. The second kappa shape index (κ2) is 9.23. The third-order valence-corrected chi connectivity index (χ3v) is 4.52. The fourth-order valence-electron chi connectivity index (χ4n) is 2.80. The Labute approximate surface area is 162 Å². The van der Waals surface area contributed by atoms with Gasteiger partial charge in [-0.3, -0.25) is 9.78 Å². The Morgan fingerprint density at radius 2 is 2.04 bits per heavy atom. The molecule has 1 fully saturated rings. The molecule has 27 heavy (non-hydrogen) atoms. The van der Waals surface area contributed by atoms with Crippen LogP contribution in [0.3, 0.4) is 0 Å². The molecular formula is C19H19ClN4O3. The predicted molar refractivity (Wildman–Crippen MR) is 101 cm³/mol. The van der Waals surface area contributed by atoms with Gasteiger partial charge in [-0.1, -0.05) is 41.9 Å². The Bertz CT molecular complexity index is 829. The molecule has 1 aromatic heterocycles. The SMILES string of the molecule is O=C(N=Cc1nccnc1Cl)[C@@H]1CCCN(C(=O)OCc2ccccc2)C1. The van der Waals surface area contributed by atoms with Gasteiger partial charge in [-0.25, -0.2) is 14.8 Å². The van der Waals surface area contributed by atoms with Gasteiger partial charge in [0.05, 0.1) is 12.1 Å². The van der Waals surface area contributed by atoms with E-state index >= 15 is 0 Å². The highest BCUT2D eigenvalue weighted by Gasteiger charge is 2.29. The molecule has 8 heteroatoms. The third-order valence-electron chi connectivity index (χ3n) is 4.23. The first kappa shape index (κ1) is 19.0. The van der Waals surface area contributed by atoms with Gasteiger partial charge in [0, 0.05) is 25.5 Å². The van der Waals surface area contributed by atoms with E-state index in [0.29, 0.717) is 18.7 Å². The molecule has 140 valence electrons. The number of hydrogen-bond donors (Lipinski definition) is 0. The van der Waals surface area contributed by atoms with Gasteiger partial charge in [0.15, 0.2) is 5.15 Å². The minimum absolute atomic E-state index is 0.184. The number of benzene rings is 1. The van der Waals surface area contributed by atoms with Crippen molar-refractivity contribution in [2.75, 3.05) is 13.1 Å². The van der Waals surface area contributed by atoms with E-state index in [-0.39, 0.29) is 30.1 Å². The lowest BCUT2D eigenvalue weighted by Crippen LogP contribution is -2.42. The van der Waals surface area contributed by atoms with Gasteiger partial charge < -0.3 is 9.64 Å². The van der Waals surface area contributed by atoms with E-state index < -0.39 is 6.09 Å². The number of amides is 2. The first-order valence-corrected chi connectivity index (χ1v) is 9.01. The van der Waals surface area contributed by atoms with Gasteiger partial charge in [-0.2, -0.15) is 0 Å². The van der Waals surface area contributed by atoms with Crippen molar-refractivity contribution in [2.45, 2.75) is 19.4 Å². The summed E-state index contributed by atoms with van der Waals surface area (Å²) in [5.74, 6) is -0.674. The van der Waals surface area contributed by atoms with Crippen LogP contribution in [0.2, 0.25) is 5.15 Å². The van der Waals surface area contributed by atoms with Crippen LogP contribution in [0, 0.1) is 5.92 Å². The maximum atomic E-state index is 12.4. The van der Waals surface area contributed by atoms with Gasteiger partial charge in [0.25, 0.3) is 5.91 Å². The quantitative estimate of drug-likeness (QED) is 0.753. The van der Waals surface area contributed by atoms with Gasteiger partial charge in [0.1, 0.15) is 12.3 Å². The number of nitrogens with zero attached hydrogens (tertiary/aromatic N) is 4. The number of rotatable bonds is 4. The molecule has 3 rings (SSSR count). The van der Waals surface area contributed by atoms with Crippen LogP contribution >= 0.6 is 11.6 Å². The Morgan fingerprint density at radius 1 is 1.26 bits per heavy atom. The summed E-state index contributed by atoms with van der Waals surface area (Å²) in [5, 5.41) is 0.184. The lowest BCUT2D eigenvalue weighted by molar-refractivity contribution is -0.122. The maximum absolute atomic E-state index is 12.4. The van der Waals surface area contributed by atoms with Crippen molar-refractivity contribution < 1.29 is 14.3 Å². The molecule has 2 heterocycles. The summed E-state index contributed by atoms with van der Waals surface area (Å²) in [7, 11) is 0. The molecule has 0 N–H and O–H groups in total. The van der Waals surface area contributed by atoms with Crippen LogP contribution in [0.15, 0.2) is 47.7 Å². The van der Waals surface area contributed by atoms with Crippen molar-refractivity contribution in [3.05, 3.63) is 59.1 Å². The van der Waals surface area contributed by atoms with Crippen LogP contribution in [0.25, 0.3) is 0 Å². The fourth-order valence-corrected chi connectivity index (χ4v) is 2.96. The number of hydrogen-bond acceptors (Lipinski definition) is 5. The largest absolute Gasteiger partial charge is 0.445 e.